The van der Waals surface area contributed by atoms with E-state index in [0.717, 1.165) is 17.4 Å². The maximum Gasteiger partial charge on any atom is 0.453 e. The number of rotatable bonds is 1. The van der Waals surface area contributed by atoms with Crippen LogP contribution in [0.5, 0.6) is 0 Å². The lowest BCUT2D eigenvalue weighted by Crippen LogP contribution is -2.11. The number of alkyl halides is 3. The fourth-order valence-electron chi connectivity index (χ4n) is 1.57. The summed E-state index contributed by atoms with van der Waals surface area (Å²) in [6, 6.07) is 3.89. The highest BCUT2D eigenvalue weighted by molar-refractivity contribution is 7.19. The first kappa shape index (κ1) is 12.8. The summed E-state index contributed by atoms with van der Waals surface area (Å²) in [5, 5.41) is 10.4. The molecule has 0 spiro atoms. The van der Waals surface area contributed by atoms with Gasteiger partial charge in [-0.1, -0.05) is 11.3 Å². The zero-order valence-electron chi connectivity index (χ0n) is 9.52. The Morgan fingerprint density at radius 2 is 1.95 bits per heavy atom. The fraction of sp³-hybridized carbons (Fsp3) is 0.100. The monoisotopic (exact) mass is 303 g/mol. The van der Waals surface area contributed by atoms with Gasteiger partial charge in [-0.2, -0.15) is 22.8 Å². The molecule has 10 heteroatoms. The SMILES string of the molecule is Nc1ccc(-c2nn3c(C(F)(F)F)nnc3s2)cc1F. The standard InChI is InChI=1S/C10H5F4N5S/c11-5-3-4(1-2-6(5)15)7-18-19-8(10(12,13)14)16-17-9(19)20-7/h1-3H,15H2. The molecule has 3 rings (SSSR count). The summed E-state index contributed by atoms with van der Waals surface area (Å²) < 4.78 is 51.9. The van der Waals surface area contributed by atoms with E-state index in [-0.39, 0.29) is 15.7 Å². The summed E-state index contributed by atoms with van der Waals surface area (Å²) in [7, 11) is 0. The van der Waals surface area contributed by atoms with Crippen LogP contribution < -0.4 is 5.73 Å². The Bertz CT molecular complexity index is 791. The average Bonchev–Trinajstić information content (AvgIpc) is 2.90. The van der Waals surface area contributed by atoms with Crippen LogP contribution in [0.1, 0.15) is 5.82 Å². The third kappa shape index (κ3) is 1.97. The van der Waals surface area contributed by atoms with Crippen molar-refractivity contribution in [1.29, 1.82) is 0 Å². The van der Waals surface area contributed by atoms with Crippen LogP contribution in [0.4, 0.5) is 23.2 Å². The van der Waals surface area contributed by atoms with Gasteiger partial charge in [0.1, 0.15) is 10.8 Å². The topological polar surface area (TPSA) is 69.1 Å². The van der Waals surface area contributed by atoms with E-state index >= 15 is 0 Å². The largest absolute Gasteiger partial charge is 0.453 e. The molecule has 2 N–H and O–H groups in total. The van der Waals surface area contributed by atoms with Gasteiger partial charge < -0.3 is 5.73 Å². The van der Waals surface area contributed by atoms with Crippen molar-refractivity contribution in [3.63, 3.8) is 0 Å². The predicted molar refractivity (Wildman–Crippen MR) is 63.5 cm³/mol. The van der Waals surface area contributed by atoms with Crippen LogP contribution in [0.3, 0.4) is 0 Å². The molecule has 3 aromatic rings. The molecule has 0 saturated carbocycles. The maximum atomic E-state index is 13.4. The molecule has 0 aliphatic heterocycles. The molecule has 0 aliphatic carbocycles. The number of nitrogens with zero attached hydrogens (tertiary/aromatic N) is 4. The Balaban J connectivity index is 2.14. The first-order valence-electron chi connectivity index (χ1n) is 5.21. The lowest BCUT2D eigenvalue weighted by Gasteiger charge is -2.01. The Labute approximate surface area is 112 Å². The minimum atomic E-state index is -4.66. The van der Waals surface area contributed by atoms with Crippen molar-refractivity contribution in [3.05, 3.63) is 29.8 Å². The summed E-state index contributed by atoms with van der Waals surface area (Å²) >= 11 is 0.873. The van der Waals surface area contributed by atoms with Crippen LogP contribution in [-0.2, 0) is 6.18 Å². The molecule has 0 aliphatic rings. The van der Waals surface area contributed by atoms with E-state index in [1.54, 1.807) is 0 Å². The Morgan fingerprint density at radius 3 is 2.60 bits per heavy atom. The van der Waals surface area contributed by atoms with Gasteiger partial charge in [0.25, 0.3) is 5.82 Å². The van der Waals surface area contributed by atoms with Crippen molar-refractivity contribution in [1.82, 2.24) is 19.8 Å². The number of anilines is 1. The van der Waals surface area contributed by atoms with Gasteiger partial charge in [0.15, 0.2) is 0 Å². The summed E-state index contributed by atoms with van der Waals surface area (Å²) in [6.07, 6.45) is -4.66. The minimum Gasteiger partial charge on any atom is -0.396 e. The highest BCUT2D eigenvalue weighted by atomic mass is 32.1. The molecule has 0 fully saturated rings. The van der Waals surface area contributed by atoms with Crippen molar-refractivity contribution in [2.24, 2.45) is 0 Å². The van der Waals surface area contributed by atoms with Gasteiger partial charge in [0, 0.05) is 5.56 Å². The van der Waals surface area contributed by atoms with Crippen LogP contribution in [0.2, 0.25) is 0 Å². The minimum absolute atomic E-state index is 0.0236. The lowest BCUT2D eigenvalue weighted by molar-refractivity contribution is -0.146. The van der Waals surface area contributed by atoms with Crippen molar-refractivity contribution in [2.45, 2.75) is 6.18 Å². The first-order valence-corrected chi connectivity index (χ1v) is 6.03. The van der Waals surface area contributed by atoms with Crippen molar-refractivity contribution in [2.75, 3.05) is 5.73 Å². The normalized spacial score (nSPS) is 12.2. The van der Waals surface area contributed by atoms with E-state index in [2.05, 4.69) is 15.3 Å². The quantitative estimate of drug-likeness (QED) is 0.554. The van der Waals surface area contributed by atoms with Crippen molar-refractivity contribution >= 4 is 22.0 Å². The van der Waals surface area contributed by atoms with Crippen LogP contribution >= 0.6 is 11.3 Å². The number of fused-ring (bicyclic) bond motifs is 1. The molecular weight excluding hydrogens is 298 g/mol. The smallest absolute Gasteiger partial charge is 0.396 e. The number of hydrogen-bond acceptors (Lipinski definition) is 5. The zero-order chi connectivity index (χ0) is 14.5. The molecule has 104 valence electrons. The molecule has 0 bridgehead atoms. The third-order valence-electron chi connectivity index (χ3n) is 2.49. The maximum absolute atomic E-state index is 13.4. The van der Waals surface area contributed by atoms with Gasteiger partial charge in [-0.15, -0.1) is 10.2 Å². The van der Waals surface area contributed by atoms with E-state index in [4.69, 9.17) is 5.73 Å². The molecule has 0 radical (unpaired) electrons. The van der Waals surface area contributed by atoms with E-state index in [1.807, 2.05) is 0 Å². The molecule has 0 unspecified atom stereocenters. The Hall–Kier alpha value is -2.23. The van der Waals surface area contributed by atoms with Gasteiger partial charge in [0.05, 0.1) is 5.69 Å². The summed E-state index contributed by atoms with van der Waals surface area (Å²) in [5.41, 5.74) is 5.61. The highest BCUT2D eigenvalue weighted by Gasteiger charge is 2.38. The molecule has 2 aromatic heterocycles. The molecule has 20 heavy (non-hydrogen) atoms. The molecule has 1 aromatic carbocycles. The van der Waals surface area contributed by atoms with Crippen LogP contribution in [-0.4, -0.2) is 19.8 Å². The number of nitrogens with two attached hydrogens (primary N) is 1. The number of benzene rings is 1. The molecule has 0 saturated heterocycles. The van der Waals surface area contributed by atoms with Crippen molar-refractivity contribution in [3.8, 4) is 10.6 Å². The van der Waals surface area contributed by atoms with E-state index in [1.165, 1.54) is 12.1 Å². The highest BCUT2D eigenvalue weighted by Crippen LogP contribution is 2.32. The molecule has 0 atom stereocenters. The van der Waals surface area contributed by atoms with E-state index < -0.39 is 17.8 Å². The molecular formula is C10H5F4N5S. The average molecular weight is 303 g/mol. The van der Waals surface area contributed by atoms with Gasteiger partial charge in [-0.05, 0) is 18.2 Å². The van der Waals surface area contributed by atoms with Gasteiger partial charge in [0.2, 0.25) is 4.96 Å². The predicted octanol–water partition coefficient (Wildman–Crippen LogP) is 2.59. The second kappa shape index (κ2) is 4.13. The number of aromatic nitrogens is 4. The van der Waals surface area contributed by atoms with Crippen LogP contribution in [0.25, 0.3) is 15.5 Å². The van der Waals surface area contributed by atoms with Gasteiger partial charge in [-0.3, -0.25) is 0 Å². The van der Waals surface area contributed by atoms with Gasteiger partial charge in [-0.25, -0.2) is 4.39 Å². The van der Waals surface area contributed by atoms with Crippen LogP contribution in [0, 0.1) is 5.82 Å². The molecule has 0 amide bonds. The second-order valence-corrected chi connectivity index (χ2v) is 4.82. The summed E-state index contributed by atoms with van der Waals surface area (Å²) in [4.78, 5) is -0.0236. The number of nitrogen functional groups attached to an aromatic ring is 1. The summed E-state index contributed by atoms with van der Waals surface area (Å²) in [5.74, 6) is -1.88. The third-order valence-corrected chi connectivity index (χ3v) is 3.44. The Kier molecular flexibility index (Phi) is 2.64. The fourth-order valence-corrected chi connectivity index (χ4v) is 2.41. The van der Waals surface area contributed by atoms with Crippen molar-refractivity contribution < 1.29 is 17.6 Å². The van der Waals surface area contributed by atoms with Crippen LogP contribution in [0.15, 0.2) is 18.2 Å². The Morgan fingerprint density at radius 1 is 1.20 bits per heavy atom. The number of halogens is 4. The van der Waals surface area contributed by atoms with E-state index in [9.17, 15) is 17.6 Å². The molecule has 5 nitrogen and oxygen atoms in total. The lowest BCUT2D eigenvalue weighted by atomic mass is 10.2. The second-order valence-electron chi connectivity index (χ2n) is 3.86. The number of hydrogen-bond donors (Lipinski definition) is 1. The van der Waals surface area contributed by atoms with Gasteiger partial charge >= 0.3 is 6.18 Å². The summed E-state index contributed by atoms with van der Waals surface area (Å²) in [6.45, 7) is 0. The van der Waals surface area contributed by atoms with E-state index in [0.29, 0.717) is 10.1 Å². The molecule has 2 heterocycles. The zero-order valence-corrected chi connectivity index (χ0v) is 10.3. The first-order chi connectivity index (χ1) is 9.36.